The Morgan fingerprint density at radius 3 is 3.15 bits per heavy atom. The molecular formula is C7H7ClN4O. The summed E-state index contributed by atoms with van der Waals surface area (Å²) in [5, 5.41) is 11.2. The van der Waals surface area contributed by atoms with Gasteiger partial charge in [-0.2, -0.15) is 0 Å². The Bertz CT molecular complexity index is 370. The number of aromatic nitrogens is 4. The molecule has 0 fully saturated rings. The standard InChI is InChI=1S/C7H7ClN4O/c8-3-6-4-9-11-12(6)5-7-1-2-10-13-7/h1-2,4H,3,5H2. The van der Waals surface area contributed by atoms with E-state index in [1.807, 2.05) is 0 Å². The minimum atomic E-state index is 0.390. The lowest BCUT2D eigenvalue weighted by molar-refractivity contribution is 0.368. The molecule has 0 aromatic carbocycles. The average Bonchev–Trinajstić information content (AvgIpc) is 2.76. The molecule has 0 N–H and O–H groups in total. The lowest BCUT2D eigenvalue weighted by Gasteiger charge is -1.98. The molecule has 2 heterocycles. The van der Waals surface area contributed by atoms with E-state index in [1.54, 1.807) is 23.1 Å². The van der Waals surface area contributed by atoms with Crippen LogP contribution in [0.2, 0.25) is 0 Å². The topological polar surface area (TPSA) is 56.7 Å². The lowest BCUT2D eigenvalue weighted by Crippen LogP contribution is -2.04. The average molecular weight is 199 g/mol. The van der Waals surface area contributed by atoms with Gasteiger partial charge < -0.3 is 4.52 Å². The van der Waals surface area contributed by atoms with E-state index < -0.39 is 0 Å². The maximum absolute atomic E-state index is 5.67. The van der Waals surface area contributed by atoms with Gasteiger partial charge in [-0.15, -0.1) is 16.7 Å². The zero-order valence-corrected chi connectivity index (χ0v) is 7.48. The van der Waals surface area contributed by atoms with Gasteiger partial charge in [0.25, 0.3) is 0 Å². The van der Waals surface area contributed by atoms with Gasteiger partial charge in [0, 0.05) is 6.07 Å². The molecule has 0 atom stereocenters. The highest BCUT2D eigenvalue weighted by Gasteiger charge is 2.04. The highest BCUT2D eigenvalue weighted by atomic mass is 35.5. The van der Waals surface area contributed by atoms with Crippen LogP contribution >= 0.6 is 11.6 Å². The molecule has 0 radical (unpaired) electrons. The fourth-order valence-electron chi connectivity index (χ4n) is 0.987. The van der Waals surface area contributed by atoms with Crippen LogP contribution in [-0.2, 0) is 12.4 Å². The van der Waals surface area contributed by atoms with Crippen LogP contribution in [-0.4, -0.2) is 20.2 Å². The number of halogens is 1. The van der Waals surface area contributed by atoms with Gasteiger partial charge in [0.2, 0.25) is 0 Å². The molecule has 2 aromatic heterocycles. The molecule has 5 nitrogen and oxygen atoms in total. The first-order valence-electron chi connectivity index (χ1n) is 3.73. The predicted molar refractivity (Wildman–Crippen MR) is 45.2 cm³/mol. The number of hydrogen-bond donors (Lipinski definition) is 0. The second-order valence-electron chi connectivity index (χ2n) is 2.50. The monoisotopic (exact) mass is 198 g/mol. The summed E-state index contributed by atoms with van der Waals surface area (Å²) in [4.78, 5) is 0. The van der Waals surface area contributed by atoms with Gasteiger partial charge in [-0.25, -0.2) is 4.68 Å². The van der Waals surface area contributed by atoms with E-state index in [2.05, 4.69) is 15.5 Å². The van der Waals surface area contributed by atoms with E-state index >= 15 is 0 Å². The Kier molecular flexibility index (Phi) is 2.27. The Hall–Kier alpha value is -1.36. The van der Waals surface area contributed by atoms with Crippen molar-refractivity contribution in [1.29, 1.82) is 0 Å². The number of nitrogens with zero attached hydrogens (tertiary/aromatic N) is 4. The zero-order valence-electron chi connectivity index (χ0n) is 6.72. The van der Waals surface area contributed by atoms with Crippen molar-refractivity contribution in [3.63, 3.8) is 0 Å². The SMILES string of the molecule is ClCc1cnnn1Cc1ccno1. The zero-order chi connectivity index (χ0) is 9.10. The van der Waals surface area contributed by atoms with Crippen molar-refractivity contribution in [2.24, 2.45) is 0 Å². The van der Waals surface area contributed by atoms with Gasteiger partial charge in [-0.05, 0) is 0 Å². The third kappa shape index (κ3) is 1.70. The van der Waals surface area contributed by atoms with Crippen LogP contribution in [0.15, 0.2) is 23.0 Å². The highest BCUT2D eigenvalue weighted by molar-refractivity contribution is 6.16. The van der Waals surface area contributed by atoms with Crippen molar-refractivity contribution < 1.29 is 4.52 Å². The van der Waals surface area contributed by atoms with Crippen molar-refractivity contribution in [1.82, 2.24) is 20.2 Å². The van der Waals surface area contributed by atoms with E-state index in [4.69, 9.17) is 16.1 Å². The van der Waals surface area contributed by atoms with E-state index in [-0.39, 0.29) is 0 Å². The summed E-state index contributed by atoms with van der Waals surface area (Å²) in [6.45, 7) is 0.516. The van der Waals surface area contributed by atoms with E-state index in [1.165, 1.54) is 0 Å². The summed E-state index contributed by atoms with van der Waals surface area (Å²) < 4.78 is 6.60. The molecular weight excluding hydrogens is 192 g/mol. The molecule has 0 spiro atoms. The first kappa shape index (κ1) is 8.25. The lowest BCUT2D eigenvalue weighted by atomic mass is 10.4. The molecule has 0 amide bonds. The van der Waals surface area contributed by atoms with Crippen LogP contribution in [0.1, 0.15) is 11.5 Å². The fraction of sp³-hybridized carbons (Fsp3) is 0.286. The van der Waals surface area contributed by atoms with Crippen LogP contribution in [0.5, 0.6) is 0 Å². The minimum Gasteiger partial charge on any atom is -0.359 e. The molecule has 0 aliphatic heterocycles. The van der Waals surface area contributed by atoms with Crippen molar-refractivity contribution in [2.45, 2.75) is 12.4 Å². The van der Waals surface area contributed by atoms with Gasteiger partial charge in [0.05, 0.1) is 24.0 Å². The van der Waals surface area contributed by atoms with Crippen LogP contribution in [0.25, 0.3) is 0 Å². The third-order valence-electron chi connectivity index (χ3n) is 1.63. The van der Waals surface area contributed by atoms with Crippen molar-refractivity contribution in [3.05, 3.63) is 29.9 Å². The van der Waals surface area contributed by atoms with E-state index in [0.717, 1.165) is 11.5 Å². The fourth-order valence-corrected chi connectivity index (χ4v) is 1.19. The second-order valence-corrected chi connectivity index (χ2v) is 2.76. The summed E-state index contributed by atoms with van der Waals surface area (Å²) in [5.74, 6) is 1.12. The Balaban J connectivity index is 2.18. The molecule has 2 aromatic rings. The van der Waals surface area contributed by atoms with Gasteiger partial charge >= 0.3 is 0 Å². The predicted octanol–water partition coefficient (Wildman–Crippen LogP) is 1.05. The summed E-state index contributed by atoms with van der Waals surface area (Å²) in [6, 6.07) is 1.78. The molecule has 0 unspecified atom stereocenters. The van der Waals surface area contributed by atoms with Crippen molar-refractivity contribution >= 4 is 11.6 Å². The van der Waals surface area contributed by atoms with Gasteiger partial charge in [0.1, 0.15) is 6.54 Å². The van der Waals surface area contributed by atoms with Crippen LogP contribution in [0.4, 0.5) is 0 Å². The van der Waals surface area contributed by atoms with Crippen LogP contribution in [0.3, 0.4) is 0 Å². The smallest absolute Gasteiger partial charge is 0.158 e. The quantitative estimate of drug-likeness (QED) is 0.692. The Morgan fingerprint density at radius 2 is 2.46 bits per heavy atom. The second kappa shape index (κ2) is 3.57. The first-order valence-corrected chi connectivity index (χ1v) is 4.26. The van der Waals surface area contributed by atoms with Crippen LogP contribution < -0.4 is 0 Å². The van der Waals surface area contributed by atoms with Gasteiger partial charge in [-0.3, -0.25) is 0 Å². The number of rotatable bonds is 3. The maximum Gasteiger partial charge on any atom is 0.158 e. The molecule has 0 saturated heterocycles. The highest BCUT2D eigenvalue weighted by Crippen LogP contribution is 2.05. The Morgan fingerprint density at radius 1 is 1.54 bits per heavy atom. The summed E-state index contributed by atoms with van der Waals surface area (Å²) in [7, 11) is 0. The van der Waals surface area contributed by atoms with E-state index in [0.29, 0.717) is 12.4 Å². The molecule has 68 valence electrons. The number of alkyl halides is 1. The Labute approximate surface area is 79.3 Å². The largest absolute Gasteiger partial charge is 0.359 e. The molecule has 0 aliphatic rings. The molecule has 0 bridgehead atoms. The first-order chi connectivity index (χ1) is 6.40. The van der Waals surface area contributed by atoms with E-state index in [9.17, 15) is 0 Å². The van der Waals surface area contributed by atoms with Crippen molar-refractivity contribution in [3.8, 4) is 0 Å². The molecule has 13 heavy (non-hydrogen) atoms. The summed E-state index contributed by atoms with van der Waals surface area (Å²) >= 11 is 5.67. The number of hydrogen-bond acceptors (Lipinski definition) is 4. The normalized spacial score (nSPS) is 10.5. The summed E-state index contributed by atoms with van der Waals surface area (Å²) in [5.41, 5.74) is 0.859. The van der Waals surface area contributed by atoms with Crippen LogP contribution in [0, 0.1) is 0 Å². The molecule has 2 rings (SSSR count). The third-order valence-corrected chi connectivity index (χ3v) is 1.91. The molecule has 0 saturated carbocycles. The van der Waals surface area contributed by atoms with Gasteiger partial charge in [-0.1, -0.05) is 10.4 Å². The van der Waals surface area contributed by atoms with Crippen molar-refractivity contribution in [2.75, 3.05) is 0 Å². The summed E-state index contributed by atoms with van der Waals surface area (Å²) in [6.07, 6.45) is 3.22. The molecule has 6 heteroatoms. The molecule has 0 aliphatic carbocycles. The maximum atomic E-state index is 5.67. The van der Waals surface area contributed by atoms with Gasteiger partial charge in [0.15, 0.2) is 5.76 Å². The minimum absolute atomic E-state index is 0.390.